The van der Waals surface area contributed by atoms with Crippen LogP contribution >= 0.6 is 0 Å². The molecule has 1 heterocycles. The average molecular weight is 189 g/mol. The Morgan fingerprint density at radius 3 is 2.71 bits per heavy atom. The first kappa shape index (κ1) is 9.72. The predicted octanol–water partition coefficient (Wildman–Crippen LogP) is 2.76. The van der Waals surface area contributed by atoms with E-state index in [1.54, 1.807) is 5.56 Å². The van der Waals surface area contributed by atoms with Crippen molar-refractivity contribution in [1.82, 2.24) is 5.32 Å². The summed E-state index contributed by atoms with van der Waals surface area (Å²) in [5.74, 6) is 0.641. The largest absolute Gasteiger partial charge is 0.312 e. The topological polar surface area (TPSA) is 12.0 Å². The molecule has 1 heteroatoms. The molecule has 0 radical (unpaired) electrons. The number of nitrogens with one attached hydrogen (secondary N) is 1. The molecule has 1 aromatic rings. The fourth-order valence-electron chi connectivity index (χ4n) is 2.30. The van der Waals surface area contributed by atoms with Gasteiger partial charge in [-0.2, -0.15) is 0 Å². The van der Waals surface area contributed by atoms with Crippen LogP contribution in [0.2, 0.25) is 0 Å². The van der Waals surface area contributed by atoms with Gasteiger partial charge in [0.2, 0.25) is 0 Å². The van der Waals surface area contributed by atoms with E-state index in [9.17, 15) is 0 Å². The number of fused-ring (bicyclic) bond motifs is 1. The molecule has 0 aliphatic carbocycles. The minimum atomic E-state index is 0.641. The SMILES string of the molecule is Cc1cc2c(cc1C(C)C)CNCC2. The highest BCUT2D eigenvalue weighted by Crippen LogP contribution is 2.24. The normalized spacial score (nSPS) is 15.7. The first-order chi connectivity index (χ1) is 6.68. The Morgan fingerprint density at radius 2 is 2.00 bits per heavy atom. The predicted molar refractivity (Wildman–Crippen MR) is 60.7 cm³/mol. The van der Waals surface area contributed by atoms with Crippen LogP contribution in [0.1, 0.15) is 42.0 Å². The third-order valence-corrected chi connectivity index (χ3v) is 3.10. The quantitative estimate of drug-likeness (QED) is 0.716. The van der Waals surface area contributed by atoms with E-state index in [4.69, 9.17) is 0 Å². The van der Waals surface area contributed by atoms with E-state index in [2.05, 4.69) is 38.2 Å². The Morgan fingerprint density at radius 1 is 1.21 bits per heavy atom. The number of hydrogen-bond acceptors (Lipinski definition) is 1. The molecule has 0 saturated heterocycles. The summed E-state index contributed by atoms with van der Waals surface area (Å²) in [5.41, 5.74) is 6.02. The van der Waals surface area contributed by atoms with Gasteiger partial charge in [-0.25, -0.2) is 0 Å². The van der Waals surface area contributed by atoms with Crippen LogP contribution in [-0.2, 0) is 13.0 Å². The average Bonchev–Trinajstić information content (AvgIpc) is 2.16. The molecule has 1 aromatic carbocycles. The summed E-state index contributed by atoms with van der Waals surface area (Å²) in [4.78, 5) is 0. The van der Waals surface area contributed by atoms with Crippen LogP contribution in [0.5, 0.6) is 0 Å². The number of benzene rings is 1. The maximum atomic E-state index is 3.43. The van der Waals surface area contributed by atoms with Crippen molar-refractivity contribution in [3.05, 3.63) is 34.4 Å². The van der Waals surface area contributed by atoms with Crippen LogP contribution in [0, 0.1) is 6.92 Å². The van der Waals surface area contributed by atoms with E-state index < -0.39 is 0 Å². The van der Waals surface area contributed by atoms with Gasteiger partial charge < -0.3 is 5.32 Å². The molecule has 2 rings (SSSR count). The molecule has 76 valence electrons. The van der Waals surface area contributed by atoms with Gasteiger partial charge >= 0.3 is 0 Å². The minimum absolute atomic E-state index is 0.641. The van der Waals surface area contributed by atoms with Gasteiger partial charge in [-0.15, -0.1) is 0 Å². The van der Waals surface area contributed by atoms with E-state index in [0.29, 0.717) is 5.92 Å². The van der Waals surface area contributed by atoms with Gasteiger partial charge in [0.25, 0.3) is 0 Å². The Labute approximate surface area is 86.5 Å². The lowest BCUT2D eigenvalue weighted by atomic mass is 9.90. The van der Waals surface area contributed by atoms with Crippen LogP contribution in [0.3, 0.4) is 0 Å². The highest BCUT2D eigenvalue weighted by molar-refractivity contribution is 5.40. The van der Waals surface area contributed by atoms with Gasteiger partial charge in [0.05, 0.1) is 0 Å². The van der Waals surface area contributed by atoms with Crippen LogP contribution in [-0.4, -0.2) is 6.54 Å². The Hall–Kier alpha value is -0.820. The molecule has 1 aliphatic heterocycles. The lowest BCUT2D eigenvalue weighted by Gasteiger charge is -2.21. The number of hydrogen-bond donors (Lipinski definition) is 1. The molecular weight excluding hydrogens is 170 g/mol. The van der Waals surface area contributed by atoms with E-state index in [1.165, 1.54) is 23.1 Å². The minimum Gasteiger partial charge on any atom is -0.312 e. The second-order valence-corrected chi connectivity index (χ2v) is 4.56. The van der Waals surface area contributed by atoms with Crippen molar-refractivity contribution in [2.45, 2.75) is 39.7 Å². The summed E-state index contributed by atoms with van der Waals surface area (Å²) in [6.45, 7) is 8.95. The molecule has 0 spiro atoms. The Kier molecular flexibility index (Phi) is 2.60. The summed E-state index contributed by atoms with van der Waals surface area (Å²) >= 11 is 0. The van der Waals surface area contributed by atoms with Gasteiger partial charge in [-0.3, -0.25) is 0 Å². The first-order valence-electron chi connectivity index (χ1n) is 5.51. The summed E-state index contributed by atoms with van der Waals surface area (Å²) in [6.07, 6.45) is 1.19. The number of aryl methyl sites for hydroxylation is 1. The van der Waals surface area contributed by atoms with Crippen molar-refractivity contribution >= 4 is 0 Å². The second kappa shape index (κ2) is 3.74. The maximum absolute atomic E-state index is 3.43. The van der Waals surface area contributed by atoms with Crippen LogP contribution in [0.4, 0.5) is 0 Å². The van der Waals surface area contributed by atoms with Crippen molar-refractivity contribution in [2.24, 2.45) is 0 Å². The monoisotopic (exact) mass is 189 g/mol. The molecule has 0 saturated carbocycles. The van der Waals surface area contributed by atoms with Crippen molar-refractivity contribution in [3.8, 4) is 0 Å². The van der Waals surface area contributed by atoms with E-state index >= 15 is 0 Å². The molecule has 0 fully saturated rings. The zero-order valence-corrected chi connectivity index (χ0v) is 9.35. The molecule has 1 aliphatic rings. The van der Waals surface area contributed by atoms with E-state index in [-0.39, 0.29) is 0 Å². The highest BCUT2D eigenvalue weighted by Gasteiger charge is 2.12. The van der Waals surface area contributed by atoms with Gasteiger partial charge in [-0.1, -0.05) is 26.0 Å². The van der Waals surface area contributed by atoms with Crippen molar-refractivity contribution in [3.63, 3.8) is 0 Å². The van der Waals surface area contributed by atoms with Crippen LogP contribution in [0.25, 0.3) is 0 Å². The van der Waals surface area contributed by atoms with Gasteiger partial charge in [0.1, 0.15) is 0 Å². The van der Waals surface area contributed by atoms with Crippen molar-refractivity contribution in [1.29, 1.82) is 0 Å². The Balaban J connectivity index is 2.45. The fraction of sp³-hybridized carbons (Fsp3) is 0.538. The summed E-state index contributed by atoms with van der Waals surface area (Å²) in [5, 5.41) is 3.43. The first-order valence-corrected chi connectivity index (χ1v) is 5.51. The zero-order valence-electron chi connectivity index (χ0n) is 9.35. The Bertz CT molecular complexity index is 339. The molecule has 14 heavy (non-hydrogen) atoms. The van der Waals surface area contributed by atoms with Crippen molar-refractivity contribution < 1.29 is 0 Å². The lowest BCUT2D eigenvalue weighted by molar-refractivity contribution is 0.640. The molecule has 0 bridgehead atoms. The summed E-state index contributed by atoms with van der Waals surface area (Å²) in [6, 6.07) is 4.77. The third kappa shape index (κ3) is 1.69. The highest BCUT2D eigenvalue weighted by atomic mass is 14.9. The second-order valence-electron chi connectivity index (χ2n) is 4.56. The summed E-state index contributed by atoms with van der Waals surface area (Å²) < 4.78 is 0. The standard InChI is InChI=1S/C13H19N/c1-9(2)13-7-12-8-14-5-4-11(12)6-10(13)3/h6-7,9,14H,4-5,8H2,1-3H3. The third-order valence-electron chi connectivity index (χ3n) is 3.10. The number of rotatable bonds is 1. The zero-order chi connectivity index (χ0) is 10.1. The van der Waals surface area contributed by atoms with Gasteiger partial charge in [-0.05, 0) is 48.1 Å². The van der Waals surface area contributed by atoms with Crippen LogP contribution in [0.15, 0.2) is 12.1 Å². The summed E-state index contributed by atoms with van der Waals surface area (Å²) in [7, 11) is 0. The molecular formula is C13H19N. The lowest BCUT2D eigenvalue weighted by Crippen LogP contribution is -2.24. The van der Waals surface area contributed by atoms with Gasteiger partial charge in [0, 0.05) is 6.54 Å². The molecule has 1 nitrogen and oxygen atoms in total. The van der Waals surface area contributed by atoms with E-state index in [1.807, 2.05) is 0 Å². The molecule has 0 aromatic heterocycles. The van der Waals surface area contributed by atoms with E-state index in [0.717, 1.165) is 13.1 Å². The maximum Gasteiger partial charge on any atom is 0.0208 e. The van der Waals surface area contributed by atoms with Crippen molar-refractivity contribution in [2.75, 3.05) is 6.54 Å². The molecule has 0 amide bonds. The molecule has 0 unspecified atom stereocenters. The van der Waals surface area contributed by atoms with Crippen LogP contribution < -0.4 is 5.32 Å². The fourth-order valence-corrected chi connectivity index (χ4v) is 2.30. The smallest absolute Gasteiger partial charge is 0.0208 e. The molecule has 0 atom stereocenters. The molecule has 1 N–H and O–H groups in total. The van der Waals surface area contributed by atoms with Gasteiger partial charge in [0.15, 0.2) is 0 Å².